The number of ether oxygens (including phenoxy) is 2. The highest BCUT2D eigenvalue weighted by Gasteiger charge is 2.32. The number of benzene rings is 2. The van der Waals surface area contributed by atoms with Gasteiger partial charge in [0.25, 0.3) is 0 Å². The summed E-state index contributed by atoms with van der Waals surface area (Å²) >= 11 is 0. The summed E-state index contributed by atoms with van der Waals surface area (Å²) in [6, 6.07) is 15.9. The van der Waals surface area contributed by atoms with Crippen LogP contribution in [0.5, 0.6) is 0 Å². The van der Waals surface area contributed by atoms with E-state index in [2.05, 4.69) is 10.6 Å². The highest BCUT2D eigenvalue weighted by atomic mass is 16.6. The van der Waals surface area contributed by atoms with Gasteiger partial charge < -0.3 is 25.2 Å². The van der Waals surface area contributed by atoms with E-state index in [9.17, 15) is 19.5 Å². The zero-order chi connectivity index (χ0) is 24.4. The summed E-state index contributed by atoms with van der Waals surface area (Å²) < 4.78 is 10.6. The molecule has 0 aliphatic rings. The van der Waals surface area contributed by atoms with Crippen molar-refractivity contribution in [3.8, 4) is 0 Å². The lowest BCUT2D eigenvalue weighted by atomic mass is 10.0. The molecule has 0 aliphatic carbocycles. The number of carbonyl (C=O) groups excluding carboxylic acids is 3. The van der Waals surface area contributed by atoms with E-state index in [-0.39, 0.29) is 13.0 Å². The predicted molar refractivity (Wildman–Crippen MR) is 123 cm³/mol. The monoisotopic (exact) mass is 456 g/mol. The molecule has 0 aliphatic heterocycles. The molecule has 8 heteroatoms. The van der Waals surface area contributed by atoms with Gasteiger partial charge in [0.2, 0.25) is 5.91 Å². The van der Waals surface area contributed by atoms with Crippen LogP contribution in [0.3, 0.4) is 0 Å². The van der Waals surface area contributed by atoms with Gasteiger partial charge in [-0.25, -0.2) is 9.59 Å². The SMILES string of the molecule is C[C@@H](O)[C@H](NC(=O)OCc1ccccc1)C(=O)N[C@@H](Cc1ccccc1)C(=O)OC(C)(C)C. The summed E-state index contributed by atoms with van der Waals surface area (Å²) in [5.41, 5.74) is 0.843. The first-order valence-electron chi connectivity index (χ1n) is 10.8. The Morgan fingerprint density at radius 2 is 1.45 bits per heavy atom. The van der Waals surface area contributed by atoms with E-state index < -0.39 is 41.8 Å². The molecule has 33 heavy (non-hydrogen) atoms. The summed E-state index contributed by atoms with van der Waals surface area (Å²) in [5, 5.41) is 15.1. The van der Waals surface area contributed by atoms with Gasteiger partial charge in [-0.15, -0.1) is 0 Å². The standard InChI is InChI=1S/C25H32N2O6/c1-17(28)21(27-24(31)32-16-19-13-9-6-10-14-19)22(29)26-20(23(30)33-25(2,3)4)15-18-11-7-5-8-12-18/h5-14,17,20-21,28H,15-16H2,1-4H3,(H,26,29)(H,27,31)/t17-,20+,21+/m1/s1. The van der Waals surface area contributed by atoms with Crippen molar-refractivity contribution >= 4 is 18.0 Å². The first-order valence-corrected chi connectivity index (χ1v) is 10.8. The van der Waals surface area contributed by atoms with Crippen molar-refractivity contribution in [3.05, 3.63) is 71.8 Å². The fourth-order valence-corrected chi connectivity index (χ4v) is 2.97. The Bertz CT molecular complexity index is 909. The molecule has 0 heterocycles. The van der Waals surface area contributed by atoms with Crippen LogP contribution in [0.4, 0.5) is 4.79 Å². The van der Waals surface area contributed by atoms with Crippen LogP contribution in [-0.4, -0.2) is 46.9 Å². The maximum absolute atomic E-state index is 12.9. The first-order chi connectivity index (χ1) is 15.5. The molecule has 3 atom stereocenters. The summed E-state index contributed by atoms with van der Waals surface area (Å²) in [7, 11) is 0. The molecule has 2 rings (SSSR count). The lowest BCUT2D eigenvalue weighted by Gasteiger charge is -2.27. The highest BCUT2D eigenvalue weighted by Crippen LogP contribution is 2.12. The van der Waals surface area contributed by atoms with Crippen LogP contribution in [0.15, 0.2) is 60.7 Å². The number of nitrogens with one attached hydrogen (secondary N) is 2. The topological polar surface area (TPSA) is 114 Å². The third kappa shape index (κ3) is 9.33. The molecule has 0 saturated carbocycles. The van der Waals surface area contributed by atoms with Gasteiger partial charge >= 0.3 is 12.1 Å². The molecule has 2 aromatic carbocycles. The van der Waals surface area contributed by atoms with Crippen molar-refractivity contribution < 1.29 is 29.0 Å². The van der Waals surface area contributed by atoms with Crippen molar-refractivity contribution in [1.82, 2.24) is 10.6 Å². The first kappa shape index (κ1) is 25.9. The van der Waals surface area contributed by atoms with Gasteiger partial charge in [0, 0.05) is 6.42 Å². The average Bonchev–Trinajstić information content (AvgIpc) is 2.75. The molecule has 0 saturated heterocycles. The summed E-state index contributed by atoms with van der Waals surface area (Å²) in [5.74, 6) is -1.34. The molecule has 178 valence electrons. The molecule has 2 aromatic rings. The lowest BCUT2D eigenvalue weighted by Crippen LogP contribution is -2.56. The second kappa shape index (κ2) is 12.0. The van der Waals surface area contributed by atoms with Gasteiger partial charge in [0.05, 0.1) is 6.10 Å². The molecule has 8 nitrogen and oxygen atoms in total. The van der Waals surface area contributed by atoms with Crippen LogP contribution in [0.25, 0.3) is 0 Å². The van der Waals surface area contributed by atoms with Crippen molar-refractivity contribution in [2.24, 2.45) is 0 Å². The zero-order valence-corrected chi connectivity index (χ0v) is 19.4. The molecule has 0 fully saturated rings. The minimum atomic E-state index is -1.33. The van der Waals surface area contributed by atoms with E-state index >= 15 is 0 Å². The lowest BCUT2D eigenvalue weighted by molar-refractivity contribution is -0.158. The fourth-order valence-electron chi connectivity index (χ4n) is 2.97. The summed E-state index contributed by atoms with van der Waals surface area (Å²) in [4.78, 5) is 37.9. The van der Waals surface area contributed by atoms with Crippen LogP contribution >= 0.6 is 0 Å². The van der Waals surface area contributed by atoms with Crippen LogP contribution in [-0.2, 0) is 32.1 Å². The Hall–Kier alpha value is -3.39. The van der Waals surface area contributed by atoms with Crippen molar-refractivity contribution in [1.29, 1.82) is 0 Å². The molecular weight excluding hydrogens is 424 g/mol. The van der Waals surface area contributed by atoms with Gasteiger partial charge in [-0.05, 0) is 38.8 Å². The molecule has 0 bridgehead atoms. The number of aliphatic hydroxyl groups is 1. The van der Waals surface area contributed by atoms with Crippen LogP contribution in [0.2, 0.25) is 0 Å². The number of hydrogen-bond donors (Lipinski definition) is 3. The van der Waals surface area contributed by atoms with Crippen molar-refractivity contribution in [2.75, 3.05) is 0 Å². The second-order valence-electron chi connectivity index (χ2n) is 8.71. The van der Waals surface area contributed by atoms with Crippen molar-refractivity contribution in [3.63, 3.8) is 0 Å². The minimum absolute atomic E-state index is 0.00929. The Labute approximate surface area is 194 Å². The Balaban J connectivity index is 2.07. The normalized spacial score (nSPS) is 13.8. The molecular formula is C25H32N2O6. The van der Waals surface area contributed by atoms with Crippen LogP contribution in [0, 0.1) is 0 Å². The maximum atomic E-state index is 12.9. The number of hydrogen-bond acceptors (Lipinski definition) is 6. The van der Waals surface area contributed by atoms with Crippen LogP contribution < -0.4 is 10.6 Å². The van der Waals surface area contributed by atoms with E-state index in [1.165, 1.54) is 6.92 Å². The molecule has 0 spiro atoms. The number of rotatable bonds is 9. The quantitative estimate of drug-likeness (QED) is 0.500. The van der Waals surface area contributed by atoms with Gasteiger partial charge in [0.15, 0.2) is 0 Å². The van der Waals surface area contributed by atoms with Crippen LogP contribution in [0.1, 0.15) is 38.8 Å². The fraction of sp³-hybridized carbons (Fsp3) is 0.400. The number of esters is 1. The number of aliphatic hydroxyl groups excluding tert-OH is 1. The average molecular weight is 457 g/mol. The third-order valence-electron chi connectivity index (χ3n) is 4.54. The Kier molecular flexibility index (Phi) is 9.42. The molecule has 3 N–H and O–H groups in total. The smallest absolute Gasteiger partial charge is 0.408 e. The van der Waals surface area contributed by atoms with E-state index in [1.54, 1.807) is 32.9 Å². The minimum Gasteiger partial charge on any atom is -0.458 e. The van der Waals surface area contributed by atoms with E-state index in [0.717, 1.165) is 11.1 Å². The Morgan fingerprint density at radius 1 is 0.909 bits per heavy atom. The number of alkyl carbamates (subject to hydrolysis) is 1. The van der Waals surface area contributed by atoms with Gasteiger partial charge in [-0.3, -0.25) is 4.79 Å². The third-order valence-corrected chi connectivity index (χ3v) is 4.54. The van der Waals surface area contributed by atoms with E-state index in [4.69, 9.17) is 9.47 Å². The largest absolute Gasteiger partial charge is 0.458 e. The summed E-state index contributed by atoms with van der Waals surface area (Å²) in [6.45, 7) is 6.57. The highest BCUT2D eigenvalue weighted by molar-refractivity contribution is 5.90. The van der Waals surface area contributed by atoms with Gasteiger partial charge in [-0.1, -0.05) is 60.7 Å². The zero-order valence-electron chi connectivity index (χ0n) is 19.4. The summed E-state index contributed by atoms with van der Waals surface area (Å²) in [6.07, 6.45) is -1.91. The maximum Gasteiger partial charge on any atom is 0.408 e. The molecule has 2 amide bonds. The predicted octanol–water partition coefficient (Wildman–Crippen LogP) is 2.73. The van der Waals surface area contributed by atoms with E-state index in [1.807, 2.05) is 48.5 Å². The molecule has 0 radical (unpaired) electrons. The Morgan fingerprint density at radius 3 is 1.97 bits per heavy atom. The number of amides is 2. The molecule has 0 unspecified atom stereocenters. The number of carbonyl (C=O) groups is 3. The molecule has 0 aromatic heterocycles. The second-order valence-corrected chi connectivity index (χ2v) is 8.71. The van der Waals surface area contributed by atoms with E-state index in [0.29, 0.717) is 0 Å². The van der Waals surface area contributed by atoms with Gasteiger partial charge in [-0.2, -0.15) is 0 Å². The van der Waals surface area contributed by atoms with Gasteiger partial charge in [0.1, 0.15) is 24.3 Å². The van der Waals surface area contributed by atoms with Crippen molar-refractivity contribution in [2.45, 2.75) is 64.5 Å².